The molecule has 2 aromatic rings. The van der Waals surface area contributed by atoms with Crippen LogP contribution in [-0.4, -0.2) is 27.1 Å². The van der Waals surface area contributed by atoms with Crippen molar-refractivity contribution in [3.63, 3.8) is 0 Å². The van der Waals surface area contributed by atoms with Crippen LogP contribution in [-0.2, 0) is 6.54 Å². The summed E-state index contributed by atoms with van der Waals surface area (Å²) in [6.07, 6.45) is 3.04. The molecule has 0 saturated heterocycles. The molecule has 82 valence electrons. The maximum atomic E-state index is 8.60. The second-order valence-electron chi connectivity index (χ2n) is 3.30. The minimum absolute atomic E-state index is 0.325. The minimum Gasteiger partial charge on any atom is -0.509 e. The van der Waals surface area contributed by atoms with Crippen molar-refractivity contribution >= 4 is 7.32 Å². The first-order valence-electron chi connectivity index (χ1n) is 4.83. The molecular formula is C10H11BN2O3. The summed E-state index contributed by atoms with van der Waals surface area (Å²) in [6, 6.07) is 9.83. The molecule has 2 N–H and O–H groups in total. The molecule has 0 aliphatic carbocycles. The standard InChI is InChI=1S/C10H11BN2O3/c14-11(15)16-10-6-12-13(8-10)7-9-4-2-1-3-5-9/h1-6,8,14-15H,7H2. The topological polar surface area (TPSA) is 67.5 Å². The molecule has 1 aromatic heterocycles. The molecule has 16 heavy (non-hydrogen) atoms. The molecule has 5 nitrogen and oxygen atoms in total. The zero-order chi connectivity index (χ0) is 11.4. The molecule has 0 bridgehead atoms. The zero-order valence-electron chi connectivity index (χ0n) is 8.52. The smallest absolute Gasteiger partial charge is 0.509 e. The van der Waals surface area contributed by atoms with E-state index in [1.54, 1.807) is 10.9 Å². The number of hydrogen-bond acceptors (Lipinski definition) is 4. The third kappa shape index (κ3) is 2.85. The van der Waals surface area contributed by atoms with Gasteiger partial charge in [-0.2, -0.15) is 5.10 Å². The maximum absolute atomic E-state index is 8.60. The number of aromatic nitrogens is 2. The molecule has 0 amide bonds. The molecule has 0 unspecified atom stereocenters. The molecule has 2 rings (SSSR count). The van der Waals surface area contributed by atoms with Gasteiger partial charge in [-0.3, -0.25) is 4.68 Å². The summed E-state index contributed by atoms with van der Waals surface area (Å²) in [7, 11) is -1.81. The Morgan fingerprint density at radius 3 is 2.69 bits per heavy atom. The van der Waals surface area contributed by atoms with Crippen molar-refractivity contribution in [2.45, 2.75) is 6.54 Å². The summed E-state index contributed by atoms with van der Waals surface area (Å²) in [5.74, 6) is 0.325. The SMILES string of the molecule is OB(O)Oc1cnn(Cc2ccccc2)c1. The third-order valence-electron chi connectivity index (χ3n) is 2.04. The quantitative estimate of drug-likeness (QED) is 0.723. The van der Waals surface area contributed by atoms with Crippen molar-refractivity contribution in [2.75, 3.05) is 0 Å². The van der Waals surface area contributed by atoms with E-state index in [1.807, 2.05) is 30.3 Å². The van der Waals surface area contributed by atoms with Gasteiger partial charge < -0.3 is 14.7 Å². The number of benzene rings is 1. The highest BCUT2D eigenvalue weighted by molar-refractivity contribution is 6.33. The first-order valence-corrected chi connectivity index (χ1v) is 4.83. The molecule has 0 atom stereocenters. The van der Waals surface area contributed by atoms with Gasteiger partial charge in [-0.05, 0) is 5.56 Å². The summed E-state index contributed by atoms with van der Waals surface area (Å²) in [5, 5.41) is 21.2. The second kappa shape index (κ2) is 4.83. The normalized spacial score (nSPS) is 10.1. The summed E-state index contributed by atoms with van der Waals surface area (Å²) in [5.41, 5.74) is 1.11. The number of rotatable bonds is 4. The monoisotopic (exact) mass is 218 g/mol. The van der Waals surface area contributed by atoms with Crippen LogP contribution >= 0.6 is 0 Å². The van der Waals surface area contributed by atoms with Gasteiger partial charge in [-0.15, -0.1) is 0 Å². The highest BCUT2D eigenvalue weighted by Crippen LogP contribution is 2.10. The Labute approximate surface area is 93.1 Å². The molecule has 0 aliphatic rings. The van der Waals surface area contributed by atoms with Gasteiger partial charge in [-0.25, -0.2) is 0 Å². The zero-order valence-corrected chi connectivity index (χ0v) is 8.52. The van der Waals surface area contributed by atoms with Crippen LogP contribution in [0.3, 0.4) is 0 Å². The molecule has 1 aromatic carbocycles. The van der Waals surface area contributed by atoms with Crippen LogP contribution in [0.15, 0.2) is 42.7 Å². The third-order valence-corrected chi connectivity index (χ3v) is 2.04. The van der Waals surface area contributed by atoms with E-state index in [0.29, 0.717) is 12.3 Å². The van der Waals surface area contributed by atoms with Crippen molar-refractivity contribution in [1.29, 1.82) is 0 Å². The van der Waals surface area contributed by atoms with Gasteiger partial charge in [0, 0.05) is 0 Å². The lowest BCUT2D eigenvalue weighted by Crippen LogP contribution is -2.20. The van der Waals surface area contributed by atoms with Crippen molar-refractivity contribution in [2.24, 2.45) is 0 Å². The van der Waals surface area contributed by atoms with E-state index in [9.17, 15) is 0 Å². The number of nitrogens with zero attached hydrogens (tertiary/aromatic N) is 2. The molecule has 0 radical (unpaired) electrons. The van der Waals surface area contributed by atoms with E-state index >= 15 is 0 Å². The van der Waals surface area contributed by atoms with E-state index in [2.05, 4.69) is 9.75 Å². The average Bonchev–Trinajstić information content (AvgIpc) is 2.66. The van der Waals surface area contributed by atoms with Crippen LogP contribution in [0.5, 0.6) is 5.75 Å². The van der Waals surface area contributed by atoms with Crippen molar-refractivity contribution in [3.8, 4) is 5.75 Å². The van der Waals surface area contributed by atoms with Gasteiger partial charge >= 0.3 is 7.32 Å². The fourth-order valence-corrected chi connectivity index (χ4v) is 1.38. The van der Waals surface area contributed by atoms with Gasteiger partial charge in [-0.1, -0.05) is 30.3 Å². The van der Waals surface area contributed by atoms with E-state index in [-0.39, 0.29) is 0 Å². The molecule has 1 heterocycles. The molecule has 6 heteroatoms. The molecule has 0 aliphatic heterocycles. The Morgan fingerprint density at radius 1 is 1.25 bits per heavy atom. The fourth-order valence-electron chi connectivity index (χ4n) is 1.38. The summed E-state index contributed by atoms with van der Waals surface area (Å²) in [6.45, 7) is 0.617. The van der Waals surface area contributed by atoms with Crippen LogP contribution in [0, 0.1) is 0 Å². The first-order chi connectivity index (χ1) is 7.74. The predicted octanol–water partition coefficient (Wildman–Crippen LogP) is 0.280. The van der Waals surface area contributed by atoms with Crippen molar-refractivity contribution in [1.82, 2.24) is 9.78 Å². The van der Waals surface area contributed by atoms with Gasteiger partial charge in [0.1, 0.15) is 5.75 Å². The lowest BCUT2D eigenvalue weighted by Gasteiger charge is -2.01. The summed E-state index contributed by atoms with van der Waals surface area (Å²) in [4.78, 5) is 0. The summed E-state index contributed by atoms with van der Waals surface area (Å²) < 4.78 is 6.32. The lowest BCUT2D eigenvalue weighted by atomic mass is 10.2. The van der Waals surface area contributed by atoms with Crippen molar-refractivity contribution in [3.05, 3.63) is 48.3 Å². The Balaban J connectivity index is 2.03. The van der Waals surface area contributed by atoms with Crippen LogP contribution < -0.4 is 4.65 Å². The van der Waals surface area contributed by atoms with Gasteiger partial charge in [0.05, 0.1) is 18.9 Å². The van der Waals surface area contributed by atoms with Crippen LogP contribution in [0.2, 0.25) is 0 Å². The molecule has 0 spiro atoms. The molecule has 0 saturated carbocycles. The van der Waals surface area contributed by atoms with Gasteiger partial charge in [0.2, 0.25) is 0 Å². The van der Waals surface area contributed by atoms with Crippen LogP contribution in [0.25, 0.3) is 0 Å². The minimum atomic E-state index is -1.81. The van der Waals surface area contributed by atoms with E-state index < -0.39 is 7.32 Å². The predicted molar refractivity (Wildman–Crippen MR) is 58.6 cm³/mol. The fraction of sp³-hybridized carbons (Fsp3) is 0.100. The van der Waals surface area contributed by atoms with Gasteiger partial charge in [0.15, 0.2) is 0 Å². The Hall–Kier alpha value is -1.79. The van der Waals surface area contributed by atoms with E-state index in [1.165, 1.54) is 6.20 Å². The largest absolute Gasteiger partial charge is 0.707 e. The summed E-state index contributed by atoms with van der Waals surface area (Å²) >= 11 is 0. The number of hydrogen-bond donors (Lipinski definition) is 2. The Bertz CT molecular complexity index is 444. The van der Waals surface area contributed by atoms with Crippen molar-refractivity contribution < 1.29 is 14.7 Å². The average molecular weight is 218 g/mol. The Morgan fingerprint density at radius 2 is 2.00 bits per heavy atom. The first kappa shape index (κ1) is 10.7. The second-order valence-corrected chi connectivity index (χ2v) is 3.30. The van der Waals surface area contributed by atoms with Gasteiger partial charge in [0.25, 0.3) is 0 Å². The maximum Gasteiger partial charge on any atom is 0.707 e. The highest BCUT2D eigenvalue weighted by Gasteiger charge is 2.12. The molecule has 0 fully saturated rings. The Kier molecular flexibility index (Phi) is 3.23. The lowest BCUT2D eigenvalue weighted by molar-refractivity contribution is 0.288. The van der Waals surface area contributed by atoms with Crippen LogP contribution in [0.1, 0.15) is 5.56 Å². The molecular weight excluding hydrogens is 207 g/mol. The van der Waals surface area contributed by atoms with E-state index in [4.69, 9.17) is 10.0 Å². The van der Waals surface area contributed by atoms with E-state index in [0.717, 1.165) is 5.56 Å². The highest BCUT2D eigenvalue weighted by atomic mass is 16.6. The van der Waals surface area contributed by atoms with Crippen LogP contribution in [0.4, 0.5) is 0 Å².